The van der Waals surface area contributed by atoms with Gasteiger partial charge in [-0.25, -0.2) is 31.5 Å². The highest BCUT2D eigenvalue weighted by Gasteiger charge is 2.65. The fraction of sp³-hybridized carbons (Fsp3) is 0.208. The number of alkyl halides is 3. The first-order valence-electron chi connectivity index (χ1n) is 11.4. The number of amides is 3. The second-order valence-electron chi connectivity index (χ2n) is 8.95. The van der Waals surface area contributed by atoms with Crippen LogP contribution in [0.1, 0.15) is 18.4 Å². The van der Waals surface area contributed by atoms with E-state index in [1.54, 1.807) is 24.3 Å². The molecule has 0 atom stereocenters. The molecule has 1 aliphatic carbocycles. The van der Waals surface area contributed by atoms with Crippen LogP contribution in [0.15, 0.2) is 82.7 Å². The molecule has 1 N–H and O–H groups in total. The summed E-state index contributed by atoms with van der Waals surface area (Å²) >= 11 is 0. The second-order valence-corrected chi connectivity index (χ2v) is 12.6. The van der Waals surface area contributed by atoms with Crippen molar-refractivity contribution in [2.45, 2.75) is 40.2 Å². The lowest BCUT2D eigenvalue weighted by atomic mass is 10.2. The fourth-order valence-electron chi connectivity index (χ4n) is 4.28. The number of nitrogens with one attached hydrogen (secondary N) is 1. The summed E-state index contributed by atoms with van der Waals surface area (Å²) in [7, 11) is -9.52. The molecule has 5 rings (SSSR count). The Morgan fingerprint density at radius 3 is 2.13 bits per heavy atom. The van der Waals surface area contributed by atoms with Crippen LogP contribution >= 0.6 is 0 Å². The minimum atomic E-state index is -5.59. The van der Waals surface area contributed by atoms with Crippen molar-refractivity contribution in [1.29, 1.82) is 0 Å². The molecule has 2 fully saturated rings. The van der Waals surface area contributed by atoms with Crippen LogP contribution < -0.4 is 9.62 Å². The Morgan fingerprint density at radius 2 is 1.54 bits per heavy atom. The number of carbonyl (C=O) groups is 2. The van der Waals surface area contributed by atoms with E-state index in [4.69, 9.17) is 0 Å². The van der Waals surface area contributed by atoms with Crippen LogP contribution in [0.4, 0.5) is 29.5 Å². The van der Waals surface area contributed by atoms with Crippen molar-refractivity contribution in [1.82, 2.24) is 9.88 Å². The number of aromatic nitrogens is 1. The number of carbonyl (C=O) groups excluding carboxylic acids is 2. The van der Waals surface area contributed by atoms with Gasteiger partial charge in [0.05, 0.1) is 15.5 Å². The number of pyridine rings is 1. The zero-order valence-corrected chi connectivity index (χ0v) is 21.4. The molecule has 2 aliphatic rings. The first-order chi connectivity index (χ1) is 18.3. The van der Waals surface area contributed by atoms with Crippen molar-refractivity contribution in [3.05, 3.63) is 78.5 Å². The number of anilines is 2. The maximum atomic E-state index is 13.3. The van der Waals surface area contributed by atoms with Gasteiger partial charge in [0.2, 0.25) is 0 Å². The van der Waals surface area contributed by atoms with Crippen molar-refractivity contribution in [2.75, 3.05) is 9.62 Å². The predicted molar refractivity (Wildman–Crippen MR) is 132 cm³/mol. The normalized spacial score (nSPS) is 17.1. The van der Waals surface area contributed by atoms with E-state index in [9.17, 15) is 39.6 Å². The Morgan fingerprint density at radius 1 is 0.897 bits per heavy atom. The molecule has 0 unspecified atom stereocenters. The molecule has 0 bridgehead atoms. The Kier molecular flexibility index (Phi) is 6.18. The van der Waals surface area contributed by atoms with E-state index in [1.807, 2.05) is 0 Å². The van der Waals surface area contributed by atoms with E-state index >= 15 is 0 Å². The number of imide groups is 1. The molecule has 1 saturated carbocycles. The number of sulfonamides is 1. The lowest BCUT2D eigenvalue weighted by molar-refractivity contribution is -0.120. The molecule has 15 heteroatoms. The lowest BCUT2D eigenvalue weighted by Crippen LogP contribution is -2.36. The third-order valence-electron chi connectivity index (χ3n) is 6.43. The molecule has 204 valence electrons. The van der Waals surface area contributed by atoms with Crippen molar-refractivity contribution in [3.8, 4) is 0 Å². The van der Waals surface area contributed by atoms with Gasteiger partial charge in [-0.15, -0.1) is 0 Å². The van der Waals surface area contributed by atoms with E-state index < -0.39 is 47.7 Å². The molecule has 0 radical (unpaired) electrons. The van der Waals surface area contributed by atoms with E-state index in [2.05, 4.69) is 9.71 Å². The predicted octanol–water partition coefficient (Wildman–Crippen LogP) is 3.68. The van der Waals surface area contributed by atoms with E-state index in [0.717, 1.165) is 17.0 Å². The van der Waals surface area contributed by atoms with Crippen LogP contribution in [-0.4, -0.2) is 49.7 Å². The Balaban J connectivity index is 1.38. The minimum absolute atomic E-state index is 0.00232. The van der Waals surface area contributed by atoms with Crippen LogP contribution in [0.2, 0.25) is 0 Å². The van der Waals surface area contributed by atoms with Crippen molar-refractivity contribution >= 4 is 43.3 Å². The smallest absolute Gasteiger partial charge is 0.305 e. The molecule has 1 spiro atoms. The average Bonchev–Trinajstić information content (AvgIpc) is 3.66. The third kappa shape index (κ3) is 4.61. The standard InChI is InChI=1S/C24H19F3N4O6S2/c25-24(26,27)38(34,35)18-8-6-17(7-9-18)31-21(32)23(11-12-23)30(22(31)33)15-16-10-13-28-20(14-16)29-39(36,37)19-4-2-1-3-5-19/h1-10,13-14H,11-12,15H2,(H,28,29). The highest BCUT2D eigenvalue weighted by molar-refractivity contribution is 7.92. The van der Waals surface area contributed by atoms with Crippen LogP contribution in [0, 0.1) is 0 Å². The molecule has 39 heavy (non-hydrogen) atoms. The highest BCUT2D eigenvalue weighted by Crippen LogP contribution is 2.49. The number of nitrogens with zero attached hydrogens (tertiary/aromatic N) is 3. The monoisotopic (exact) mass is 580 g/mol. The summed E-state index contributed by atoms with van der Waals surface area (Å²) in [4.78, 5) is 31.7. The van der Waals surface area contributed by atoms with Gasteiger partial charge in [-0.3, -0.25) is 9.52 Å². The van der Waals surface area contributed by atoms with Gasteiger partial charge in [0, 0.05) is 12.7 Å². The van der Waals surface area contributed by atoms with Gasteiger partial charge in [-0.2, -0.15) is 13.2 Å². The molecular formula is C24H19F3N4O6S2. The van der Waals surface area contributed by atoms with Crippen LogP contribution in [0.25, 0.3) is 0 Å². The van der Waals surface area contributed by atoms with Gasteiger partial charge in [0.15, 0.2) is 0 Å². The summed E-state index contributed by atoms with van der Waals surface area (Å²) in [6.45, 7) is -0.0792. The highest BCUT2D eigenvalue weighted by atomic mass is 32.2. The van der Waals surface area contributed by atoms with Gasteiger partial charge in [-0.05, 0) is 66.9 Å². The van der Waals surface area contributed by atoms with Gasteiger partial charge in [0.1, 0.15) is 11.4 Å². The summed E-state index contributed by atoms with van der Waals surface area (Å²) < 4.78 is 89.5. The van der Waals surface area contributed by atoms with E-state index in [0.29, 0.717) is 30.5 Å². The zero-order chi connectivity index (χ0) is 28.2. The number of rotatable bonds is 7. The molecule has 1 saturated heterocycles. The zero-order valence-electron chi connectivity index (χ0n) is 19.8. The molecule has 2 aromatic carbocycles. The second kappa shape index (κ2) is 9.05. The summed E-state index contributed by atoms with van der Waals surface area (Å²) in [6.07, 6.45) is 2.05. The van der Waals surface area contributed by atoms with E-state index in [-0.39, 0.29) is 22.9 Å². The number of hydrogen-bond donors (Lipinski definition) is 1. The van der Waals surface area contributed by atoms with Crippen LogP contribution in [0.5, 0.6) is 0 Å². The first-order valence-corrected chi connectivity index (χ1v) is 14.3. The Bertz CT molecular complexity index is 1670. The topological polar surface area (TPSA) is 134 Å². The van der Waals surface area contributed by atoms with Crippen molar-refractivity contribution in [2.24, 2.45) is 0 Å². The largest absolute Gasteiger partial charge is 0.501 e. The third-order valence-corrected chi connectivity index (χ3v) is 9.30. The number of hydrogen-bond acceptors (Lipinski definition) is 7. The summed E-state index contributed by atoms with van der Waals surface area (Å²) in [5, 5.41) is 0. The molecule has 10 nitrogen and oxygen atoms in total. The van der Waals surface area contributed by atoms with Gasteiger partial charge in [-0.1, -0.05) is 18.2 Å². The number of sulfone groups is 1. The fourth-order valence-corrected chi connectivity index (χ4v) is 6.06. The van der Waals surface area contributed by atoms with Crippen LogP contribution in [-0.2, 0) is 31.2 Å². The SMILES string of the molecule is O=C1N(c2ccc(S(=O)(=O)C(F)(F)F)cc2)C(=O)C2(CC2)N1Cc1ccnc(NS(=O)(=O)c2ccccc2)c1. The number of benzene rings is 2. The minimum Gasteiger partial charge on any atom is -0.305 e. The molecule has 1 aromatic heterocycles. The quantitative estimate of drug-likeness (QED) is 0.422. The Hall–Kier alpha value is -3.98. The molecule has 3 aromatic rings. The molecule has 3 amide bonds. The first kappa shape index (κ1) is 26.6. The molecule has 2 heterocycles. The molecular weight excluding hydrogens is 561 g/mol. The Labute approximate surface area is 221 Å². The van der Waals surface area contributed by atoms with Gasteiger partial charge < -0.3 is 4.90 Å². The summed E-state index contributed by atoms with van der Waals surface area (Å²) in [5.41, 5.74) is -6.26. The van der Waals surface area contributed by atoms with E-state index in [1.165, 1.54) is 29.3 Å². The van der Waals surface area contributed by atoms with Crippen LogP contribution in [0.3, 0.4) is 0 Å². The maximum Gasteiger partial charge on any atom is 0.501 e. The number of urea groups is 1. The average molecular weight is 581 g/mol. The van der Waals surface area contributed by atoms with Crippen molar-refractivity contribution < 1.29 is 39.6 Å². The maximum absolute atomic E-state index is 13.3. The van der Waals surface area contributed by atoms with Crippen molar-refractivity contribution in [3.63, 3.8) is 0 Å². The van der Waals surface area contributed by atoms with Gasteiger partial charge in [0.25, 0.3) is 25.8 Å². The number of halogens is 3. The molecule has 1 aliphatic heterocycles. The summed E-state index contributed by atoms with van der Waals surface area (Å²) in [6, 6.07) is 13.2. The van der Waals surface area contributed by atoms with Gasteiger partial charge >= 0.3 is 11.5 Å². The summed E-state index contributed by atoms with van der Waals surface area (Å²) in [5.74, 6) is -0.588. The lowest BCUT2D eigenvalue weighted by Gasteiger charge is -2.21.